The van der Waals surface area contributed by atoms with Gasteiger partial charge in [-0.2, -0.15) is 0 Å². The highest BCUT2D eigenvalue weighted by Crippen LogP contribution is 2.30. The van der Waals surface area contributed by atoms with E-state index < -0.39 is 0 Å². The van der Waals surface area contributed by atoms with Gasteiger partial charge < -0.3 is 20.2 Å². The van der Waals surface area contributed by atoms with Gasteiger partial charge in [-0.25, -0.2) is 4.39 Å². The monoisotopic (exact) mass is 399 g/mol. The topological polar surface area (TPSA) is 55.8 Å². The predicted molar refractivity (Wildman–Crippen MR) is 114 cm³/mol. The smallest absolute Gasteiger partial charge is 0.252 e. The number of carbonyl (C=O) groups is 1. The molecule has 3 rings (SSSR count). The number of aliphatic hydroxyl groups is 1. The second-order valence-electron chi connectivity index (χ2n) is 8.01. The normalized spacial score (nSPS) is 16.1. The van der Waals surface area contributed by atoms with Gasteiger partial charge in [0.15, 0.2) is 0 Å². The minimum absolute atomic E-state index is 0.167. The largest absolute Gasteiger partial charge is 0.393 e. The van der Waals surface area contributed by atoms with E-state index in [9.17, 15) is 14.3 Å². The number of nitrogens with zero attached hydrogens (tertiary/aromatic N) is 2. The Morgan fingerprint density at radius 3 is 2.62 bits per heavy atom. The van der Waals surface area contributed by atoms with Gasteiger partial charge in [-0.3, -0.25) is 4.79 Å². The predicted octanol–water partition coefficient (Wildman–Crippen LogP) is 3.34. The third-order valence-electron chi connectivity index (χ3n) is 5.36. The number of nitrogens with one attached hydrogen (secondary N) is 1. The second kappa shape index (κ2) is 9.37. The molecule has 1 heterocycles. The van der Waals surface area contributed by atoms with Crippen molar-refractivity contribution in [2.45, 2.75) is 38.5 Å². The molecule has 1 unspecified atom stereocenters. The molecule has 0 aromatic heterocycles. The van der Waals surface area contributed by atoms with Gasteiger partial charge in [0.2, 0.25) is 0 Å². The van der Waals surface area contributed by atoms with E-state index in [1.54, 1.807) is 6.07 Å². The molecule has 1 amide bonds. The van der Waals surface area contributed by atoms with Crippen LogP contribution in [0.5, 0.6) is 0 Å². The van der Waals surface area contributed by atoms with Gasteiger partial charge >= 0.3 is 0 Å². The van der Waals surface area contributed by atoms with Crippen LogP contribution in [0.3, 0.4) is 0 Å². The summed E-state index contributed by atoms with van der Waals surface area (Å²) in [5, 5.41) is 12.8. The fraction of sp³-hybridized carbons (Fsp3) is 0.435. The molecule has 1 atom stereocenters. The number of amides is 1. The molecule has 1 aliphatic rings. The molecular formula is C23H30FN3O2. The summed E-state index contributed by atoms with van der Waals surface area (Å²) in [5.74, 6) is -0.492. The minimum Gasteiger partial charge on any atom is -0.393 e. The lowest BCUT2D eigenvalue weighted by molar-refractivity contribution is 0.0938. The Balaban J connectivity index is 1.81. The molecular weight excluding hydrogens is 369 g/mol. The molecule has 0 saturated carbocycles. The van der Waals surface area contributed by atoms with Crippen LogP contribution in [-0.4, -0.2) is 49.2 Å². The van der Waals surface area contributed by atoms with Crippen molar-refractivity contribution in [1.29, 1.82) is 0 Å². The molecule has 0 aliphatic carbocycles. The summed E-state index contributed by atoms with van der Waals surface area (Å²) in [6.07, 6.45) is 1.10. The van der Waals surface area contributed by atoms with Crippen LogP contribution in [0, 0.1) is 5.82 Å². The molecule has 1 fully saturated rings. The molecule has 0 bridgehead atoms. The highest BCUT2D eigenvalue weighted by molar-refractivity contribution is 5.96. The number of halogens is 1. The maximum atomic E-state index is 14.0. The fourth-order valence-corrected chi connectivity index (χ4v) is 3.84. The van der Waals surface area contributed by atoms with Gasteiger partial charge in [-0.15, -0.1) is 0 Å². The average molecular weight is 400 g/mol. The third-order valence-corrected chi connectivity index (χ3v) is 5.36. The average Bonchev–Trinajstić information content (AvgIpc) is 2.68. The first-order valence-corrected chi connectivity index (χ1v) is 10.1. The fourth-order valence-electron chi connectivity index (χ4n) is 3.84. The third kappa shape index (κ3) is 5.34. The van der Waals surface area contributed by atoms with Crippen molar-refractivity contribution in [3.05, 3.63) is 65.0 Å². The Bertz CT molecular complexity index is 848. The van der Waals surface area contributed by atoms with Gasteiger partial charge in [0.1, 0.15) is 5.82 Å². The Morgan fingerprint density at radius 2 is 1.93 bits per heavy atom. The number of rotatable bonds is 6. The molecule has 1 saturated heterocycles. The first-order chi connectivity index (χ1) is 13.8. The molecule has 156 valence electrons. The van der Waals surface area contributed by atoms with Crippen LogP contribution in [0.25, 0.3) is 0 Å². The number of carbonyl (C=O) groups excluding carboxylic acids is 1. The van der Waals surface area contributed by atoms with Crippen molar-refractivity contribution >= 4 is 11.6 Å². The Kier molecular flexibility index (Phi) is 6.87. The minimum atomic E-state index is -0.354. The quantitative estimate of drug-likeness (QED) is 0.782. The van der Waals surface area contributed by atoms with E-state index in [0.717, 1.165) is 16.8 Å². The van der Waals surface area contributed by atoms with E-state index in [0.29, 0.717) is 38.0 Å². The number of piperidine rings is 1. The lowest BCUT2D eigenvalue weighted by Gasteiger charge is -2.34. The van der Waals surface area contributed by atoms with Crippen molar-refractivity contribution in [3.63, 3.8) is 0 Å². The summed E-state index contributed by atoms with van der Waals surface area (Å²) >= 11 is 0. The molecule has 2 aromatic carbocycles. The zero-order chi connectivity index (χ0) is 21.0. The van der Waals surface area contributed by atoms with Crippen LogP contribution in [0.2, 0.25) is 0 Å². The van der Waals surface area contributed by atoms with E-state index in [-0.39, 0.29) is 23.9 Å². The second-order valence-corrected chi connectivity index (χ2v) is 8.01. The number of anilines is 1. The summed E-state index contributed by atoms with van der Waals surface area (Å²) in [7, 11) is 3.93. The summed E-state index contributed by atoms with van der Waals surface area (Å²) in [6, 6.07) is 11.9. The SMILES string of the molecule is CC(NC(=O)c1ccccc1CN(C)C)c1cc(F)ccc1N1CCC(O)CC1. The maximum absolute atomic E-state index is 14.0. The van der Waals surface area contributed by atoms with E-state index in [1.807, 2.05) is 50.2 Å². The number of hydrogen-bond donors (Lipinski definition) is 2. The van der Waals surface area contributed by atoms with Crippen molar-refractivity contribution in [1.82, 2.24) is 10.2 Å². The van der Waals surface area contributed by atoms with Crippen LogP contribution in [0.1, 0.15) is 47.3 Å². The van der Waals surface area contributed by atoms with Crippen LogP contribution in [0.4, 0.5) is 10.1 Å². The zero-order valence-electron chi connectivity index (χ0n) is 17.4. The van der Waals surface area contributed by atoms with Gasteiger partial charge in [0.25, 0.3) is 5.91 Å². The molecule has 29 heavy (non-hydrogen) atoms. The maximum Gasteiger partial charge on any atom is 0.252 e. The zero-order valence-corrected chi connectivity index (χ0v) is 17.4. The molecule has 0 radical (unpaired) electrons. The highest BCUT2D eigenvalue weighted by atomic mass is 19.1. The molecule has 1 aliphatic heterocycles. The molecule has 5 nitrogen and oxygen atoms in total. The summed E-state index contributed by atoms with van der Waals surface area (Å²) in [6.45, 7) is 3.97. The van der Waals surface area contributed by atoms with Crippen molar-refractivity contribution in [3.8, 4) is 0 Å². The molecule has 0 spiro atoms. The van der Waals surface area contributed by atoms with Crippen LogP contribution in [-0.2, 0) is 6.54 Å². The summed E-state index contributed by atoms with van der Waals surface area (Å²) < 4.78 is 14.0. The first-order valence-electron chi connectivity index (χ1n) is 10.1. The van der Waals surface area contributed by atoms with Crippen molar-refractivity contribution < 1.29 is 14.3 Å². The number of benzene rings is 2. The lowest BCUT2D eigenvalue weighted by atomic mass is 10.0. The van der Waals surface area contributed by atoms with Gasteiger partial charge in [-0.05, 0) is 63.7 Å². The molecule has 2 aromatic rings. The van der Waals surface area contributed by atoms with Crippen molar-refractivity contribution in [2.75, 3.05) is 32.1 Å². The van der Waals surface area contributed by atoms with Gasteiger partial charge in [-0.1, -0.05) is 18.2 Å². The van der Waals surface area contributed by atoms with E-state index in [2.05, 4.69) is 10.2 Å². The number of hydrogen-bond acceptors (Lipinski definition) is 4. The highest BCUT2D eigenvalue weighted by Gasteiger charge is 2.23. The Morgan fingerprint density at radius 1 is 1.24 bits per heavy atom. The lowest BCUT2D eigenvalue weighted by Crippen LogP contribution is -2.37. The first kappa shape index (κ1) is 21.3. The molecule has 2 N–H and O–H groups in total. The van der Waals surface area contributed by atoms with Crippen LogP contribution in [0.15, 0.2) is 42.5 Å². The summed E-state index contributed by atoms with van der Waals surface area (Å²) in [5.41, 5.74) is 3.24. The van der Waals surface area contributed by atoms with E-state index >= 15 is 0 Å². The molecule has 6 heteroatoms. The van der Waals surface area contributed by atoms with Gasteiger partial charge in [0, 0.05) is 36.4 Å². The van der Waals surface area contributed by atoms with E-state index in [1.165, 1.54) is 12.1 Å². The van der Waals surface area contributed by atoms with E-state index in [4.69, 9.17) is 0 Å². The van der Waals surface area contributed by atoms with Crippen LogP contribution >= 0.6 is 0 Å². The van der Waals surface area contributed by atoms with Crippen molar-refractivity contribution in [2.24, 2.45) is 0 Å². The summed E-state index contributed by atoms with van der Waals surface area (Å²) in [4.78, 5) is 17.2. The standard InChI is InChI=1S/C23H30FN3O2/c1-16(25-23(29)20-7-5-4-6-17(20)15-26(2)3)21-14-18(24)8-9-22(21)27-12-10-19(28)11-13-27/h4-9,14,16,19,28H,10-13,15H2,1-3H3,(H,25,29). The van der Waals surface area contributed by atoms with Crippen LogP contribution < -0.4 is 10.2 Å². The number of aliphatic hydroxyl groups excluding tert-OH is 1. The van der Waals surface area contributed by atoms with Gasteiger partial charge in [0.05, 0.1) is 12.1 Å². The Hall–Kier alpha value is -2.44. The Labute approximate surface area is 172 Å².